The maximum Gasteiger partial charge on any atom is 0.233 e. The van der Waals surface area contributed by atoms with Crippen LogP contribution >= 0.6 is 23.1 Å². The Balaban J connectivity index is 2.53. The summed E-state index contributed by atoms with van der Waals surface area (Å²) < 4.78 is 0.847. The number of nitrogens with zero attached hydrogens (tertiary/aromatic N) is 2. The Hall–Kier alpha value is -0.620. The van der Waals surface area contributed by atoms with Crippen molar-refractivity contribution in [3.05, 3.63) is 5.01 Å². The van der Waals surface area contributed by atoms with Crippen LogP contribution in [0.5, 0.6) is 0 Å². The second kappa shape index (κ2) is 5.82. The van der Waals surface area contributed by atoms with Crippen molar-refractivity contribution in [1.82, 2.24) is 15.5 Å². The number of aryl methyl sites for hydroxylation is 1. The SMILES string of the molecule is CCC(C)(C)NC(=O)C(C)Sc1nnc(C)s1. The lowest BCUT2D eigenvalue weighted by molar-refractivity contribution is -0.121. The maximum atomic E-state index is 12.0. The van der Waals surface area contributed by atoms with Crippen molar-refractivity contribution < 1.29 is 4.79 Å². The molecule has 0 radical (unpaired) electrons. The van der Waals surface area contributed by atoms with Crippen LogP contribution in [-0.4, -0.2) is 26.9 Å². The van der Waals surface area contributed by atoms with Crippen molar-refractivity contribution >= 4 is 29.0 Å². The molecule has 0 spiro atoms. The Kier molecular flexibility index (Phi) is 4.94. The lowest BCUT2D eigenvalue weighted by Gasteiger charge is -2.26. The second-order valence-electron chi connectivity index (χ2n) is 4.57. The van der Waals surface area contributed by atoms with Gasteiger partial charge in [-0.05, 0) is 34.1 Å². The van der Waals surface area contributed by atoms with Gasteiger partial charge >= 0.3 is 0 Å². The predicted molar refractivity (Wildman–Crippen MR) is 72.5 cm³/mol. The summed E-state index contributed by atoms with van der Waals surface area (Å²) >= 11 is 2.97. The Labute approximate surface area is 111 Å². The van der Waals surface area contributed by atoms with Gasteiger partial charge in [0.25, 0.3) is 0 Å². The zero-order chi connectivity index (χ0) is 13.1. The number of nitrogens with one attached hydrogen (secondary N) is 1. The molecule has 0 aliphatic rings. The molecule has 1 unspecified atom stereocenters. The van der Waals surface area contributed by atoms with Gasteiger partial charge in [0.05, 0.1) is 5.25 Å². The van der Waals surface area contributed by atoms with Gasteiger partial charge in [-0.3, -0.25) is 4.79 Å². The molecule has 0 saturated heterocycles. The number of thioether (sulfide) groups is 1. The van der Waals surface area contributed by atoms with Gasteiger partial charge in [-0.2, -0.15) is 0 Å². The van der Waals surface area contributed by atoms with E-state index in [-0.39, 0.29) is 16.7 Å². The highest BCUT2D eigenvalue weighted by molar-refractivity contribution is 8.02. The summed E-state index contributed by atoms with van der Waals surface area (Å²) in [5.74, 6) is 0.0507. The second-order valence-corrected chi connectivity index (χ2v) is 7.34. The van der Waals surface area contributed by atoms with Gasteiger partial charge in [0, 0.05) is 5.54 Å². The molecule has 4 nitrogen and oxygen atoms in total. The first-order valence-corrected chi connectivity index (χ1v) is 7.32. The smallest absolute Gasteiger partial charge is 0.233 e. The fraction of sp³-hybridized carbons (Fsp3) is 0.727. The standard InChI is InChI=1S/C11H19N3OS2/c1-6-11(4,5)12-9(15)7(2)16-10-14-13-8(3)17-10/h7H,6H2,1-5H3,(H,12,15). The molecule has 1 heterocycles. The predicted octanol–water partition coefficient (Wildman–Crippen LogP) is 2.63. The van der Waals surface area contributed by atoms with Crippen LogP contribution in [-0.2, 0) is 4.79 Å². The minimum absolute atomic E-state index is 0.0507. The molecule has 0 aliphatic heterocycles. The normalized spacial score (nSPS) is 13.5. The third-order valence-corrected chi connectivity index (χ3v) is 4.52. The largest absolute Gasteiger partial charge is 0.350 e. The third-order valence-electron chi connectivity index (χ3n) is 2.50. The summed E-state index contributed by atoms with van der Waals surface area (Å²) in [4.78, 5) is 12.0. The molecule has 1 amide bonds. The highest BCUT2D eigenvalue weighted by atomic mass is 32.2. The van der Waals surface area contributed by atoms with Crippen molar-refractivity contribution in [3.8, 4) is 0 Å². The number of carbonyl (C=O) groups is 1. The van der Waals surface area contributed by atoms with Gasteiger partial charge in [0.2, 0.25) is 5.91 Å². The summed E-state index contributed by atoms with van der Waals surface area (Å²) in [6.07, 6.45) is 0.911. The van der Waals surface area contributed by atoms with Crippen molar-refractivity contribution in [1.29, 1.82) is 0 Å². The molecular weight excluding hydrogens is 254 g/mol. The molecule has 0 fully saturated rings. The molecular formula is C11H19N3OS2. The van der Waals surface area contributed by atoms with Gasteiger partial charge < -0.3 is 5.32 Å². The first-order valence-electron chi connectivity index (χ1n) is 5.63. The zero-order valence-corrected chi connectivity index (χ0v) is 12.5. The van der Waals surface area contributed by atoms with E-state index >= 15 is 0 Å². The molecule has 1 atom stereocenters. The van der Waals surface area contributed by atoms with Crippen molar-refractivity contribution in [3.63, 3.8) is 0 Å². The first kappa shape index (κ1) is 14.4. The van der Waals surface area contributed by atoms with Crippen LogP contribution in [0.4, 0.5) is 0 Å². The molecule has 0 saturated carbocycles. The maximum absolute atomic E-state index is 12.0. The van der Waals surface area contributed by atoms with E-state index in [9.17, 15) is 4.79 Å². The summed E-state index contributed by atoms with van der Waals surface area (Å²) in [5.41, 5.74) is -0.150. The van der Waals surface area contributed by atoms with E-state index in [1.165, 1.54) is 23.1 Å². The van der Waals surface area contributed by atoms with Crippen LogP contribution in [0.3, 0.4) is 0 Å². The molecule has 1 rings (SSSR count). The average molecular weight is 273 g/mol. The zero-order valence-electron chi connectivity index (χ0n) is 10.9. The molecule has 1 N–H and O–H groups in total. The molecule has 0 aliphatic carbocycles. The summed E-state index contributed by atoms with van der Waals surface area (Å²) in [7, 11) is 0. The van der Waals surface area contributed by atoms with E-state index in [1.54, 1.807) is 0 Å². The van der Waals surface area contributed by atoms with Gasteiger partial charge in [-0.25, -0.2) is 0 Å². The Bertz CT molecular complexity index is 390. The molecule has 17 heavy (non-hydrogen) atoms. The number of amides is 1. The highest BCUT2D eigenvalue weighted by Gasteiger charge is 2.23. The molecule has 1 aromatic heterocycles. The molecule has 1 aromatic rings. The highest BCUT2D eigenvalue weighted by Crippen LogP contribution is 2.26. The van der Waals surface area contributed by atoms with Crippen molar-refractivity contribution in [2.75, 3.05) is 0 Å². The van der Waals surface area contributed by atoms with E-state index in [1.807, 2.05) is 27.7 Å². The van der Waals surface area contributed by atoms with Crippen LogP contribution in [0, 0.1) is 6.92 Å². The van der Waals surface area contributed by atoms with E-state index in [0.29, 0.717) is 0 Å². The first-order chi connectivity index (χ1) is 7.84. The van der Waals surface area contributed by atoms with Gasteiger partial charge in [-0.1, -0.05) is 30.0 Å². The number of aromatic nitrogens is 2. The lowest BCUT2D eigenvalue weighted by atomic mass is 10.0. The van der Waals surface area contributed by atoms with Crippen LogP contribution in [0.1, 0.15) is 39.1 Å². The van der Waals surface area contributed by atoms with Gasteiger partial charge in [0.15, 0.2) is 4.34 Å². The van der Waals surface area contributed by atoms with Crippen molar-refractivity contribution in [2.45, 2.75) is 56.2 Å². The molecule has 0 bridgehead atoms. The Morgan fingerprint density at radius 1 is 1.53 bits per heavy atom. The third kappa shape index (κ3) is 4.63. The van der Waals surface area contributed by atoms with Gasteiger partial charge in [-0.15, -0.1) is 10.2 Å². The number of carbonyl (C=O) groups excluding carboxylic acids is 1. The Morgan fingerprint density at radius 3 is 2.65 bits per heavy atom. The van der Waals surface area contributed by atoms with Crippen LogP contribution in [0.25, 0.3) is 0 Å². The number of hydrogen-bond acceptors (Lipinski definition) is 5. The van der Waals surface area contributed by atoms with Crippen LogP contribution < -0.4 is 5.32 Å². The average Bonchev–Trinajstić information content (AvgIpc) is 2.63. The number of hydrogen-bond donors (Lipinski definition) is 1. The quantitative estimate of drug-likeness (QED) is 0.838. The van der Waals surface area contributed by atoms with E-state index in [4.69, 9.17) is 0 Å². The topological polar surface area (TPSA) is 54.9 Å². The molecule has 96 valence electrons. The minimum atomic E-state index is -0.150. The fourth-order valence-electron chi connectivity index (χ4n) is 1.05. The summed E-state index contributed by atoms with van der Waals surface area (Å²) in [5, 5.41) is 11.8. The number of rotatable bonds is 5. The summed E-state index contributed by atoms with van der Waals surface area (Å²) in [6.45, 7) is 9.91. The van der Waals surface area contributed by atoms with Crippen molar-refractivity contribution in [2.24, 2.45) is 0 Å². The van der Waals surface area contributed by atoms with E-state index < -0.39 is 0 Å². The summed E-state index contributed by atoms with van der Waals surface area (Å²) in [6, 6.07) is 0. The van der Waals surface area contributed by atoms with E-state index in [0.717, 1.165) is 15.8 Å². The van der Waals surface area contributed by atoms with Gasteiger partial charge in [0.1, 0.15) is 5.01 Å². The lowest BCUT2D eigenvalue weighted by Crippen LogP contribution is -2.46. The molecule has 6 heteroatoms. The molecule has 0 aromatic carbocycles. The van der Waals surface area contributed by atoms with E-state index in [2.05, 4.69) is 22.4 Å². The monoisotopic (exact) mass is 273 g/mol. The van der Waals surface area contributed by atoms with Crippen LogP contribution in [0.15, 0.2) is 4.34 Å². The fourth-order valence-corrected chi connectivity index (χ4v) is 3.01. The van der Waals surface area contributed by atoms with Crippen LogP contribution in [0.2, 0.25) is 0 Å². The Morgan fingerprint density at radius 2 is 2.18 bits per heavy atom. The minimum Gasteiger partial charge on any atom is -0.350 e.